The highest BCUT2D eigenvalue weighted by molar-refractivity contribution is 6.05. The molecule has 96 valence electrons. The first-order valence-corrected chi connectivity index (χ1v) is 5.31. The molecule has 0 bridgehead atoms. The van der Waals surface area contributed by atoms with Gasteiger partial charge in [-0.1, -0.05) is 12.1 Å². The van der Waals surface area contributed by atoms with Crippen molar-refractivity contribution in [2.45, 2.75) is 0 Å². The summed E-state index contributed by atoms with van der Waals surface area (Å²) in [5, 5.41) is 13.2. The Morgan fingerprint density at radius 2 is 1.95 bits per heavy atom. The van der Waals surface area contributed by atoms with E-state index in [0.29, 0.717) is 0 Å². The van der Waals surface area contributed by atoms with Crippen LogP contribution in [0.3, 0.4) is 0 Å². The highest BCUT2D eigenvalue weighted by Gasteiger charge is 2.15. The summed E-state index contributed by atoms with van der Waals surface area (Å²) in [7, 11) is 0. The number of aromatic nitrogens is 1. The topological polar surface area (TPSA) is 105 Å². The van der Waals surface area contributed by atoms with Gasteiger partial charge in [0.25, 0.3) is 11.6 Å². The van der Waals surface area contributed by atoms with Crippen molar-refractivity contribution in [2.24, 2.45) is 0 Å². The van der Waals surface area contributed by atoms with Crippen molar-refractivity contribution in [1.82, 2.24) is 4.98 Å². The van der Waals surface area contributed by atoms with E-state index in [1.165, 1.54) is 36.5 Å². The van der Waals surface area contributed by atoms with E-state index >= 15 is 0 Å². The number of nitro benzene ring substituents is 1. The van der Waals surface area contributed by atoms with Gasteiger partial charge < -0.3 is 10.3 Å². The Hall–Kier alpha value is -2.96. The number of hydrogen-bond donors (Lipinski definition) is 2. The zero-order chi connectivity index (χ0) is 13.8. The van der Waals surface area contributed by atoms with Gasteiger partial charge in [0, 0.05) is 18.3 Å². The molecular weight excluding hydrogens is 250 g/mol. The predicted octanol–water partition coefficient (Wildman–Crippen LogP) is 1.54. The first-order valence-electron chi connectivity index (χ1n) is 5.31. The first-order chi connectivity index (χ1) is 9.08. The van der Waals surface area contributed by atoms with Crippen molar-refractivity contribution < 1.29 is 9.72 Å². The van der Waals surface area contributed by atoms with Gasteiger partial charge in [0.05, 0.1) is 10.5 Å². The third kappa shape index (κ3) is 2.83. The third-order valence-corrected chi connectivity index (χ3v) is 2.40. The molecule has 1 aromatic carbocycles. The zero-order valence-corrected chi connectivity index (χ0v) is 9.62. The van der Waals surface area contributed by atoms with E-state index in [9.17, 15) is 19.7 Å². The zero-order valence-electron chi connectivity index (χ0n) is 9.62. The van der Waals surface area contributed by atoms with Crippen molar-refractivity contribution in [3.05, 3.63) is 68.6 Å². The van der Waals surface area contributed by atoms with E-state index < -0.39 is 10.8 Å². The number of aromatic amines is 1. The fourth-order valence-corrected chi connectivity index (χ4v) is 1.48. The Morgan fingerprint density at radius 1 is 1.21 bits per heavy atom. The fraction of sp³-hybridized carbons (Fsp3) is 0. The van der Waals surface area contributed by atoms with Gasteiger partial charge in [-0.25, -0.2) is 0 Å². The molecule has 2 N–H and O–H groups in total. The molecule has 0 atom stereocenters. The van der Waals surface area contributed by atoms with Crippen LogP contribution in [0.4, 0.5) is 11.4 Å². The SMILES string of the molecule is O=C(Nc1ccccc1[N+](=O)[O-])c1ccc(=O)[nH]c1. The summed E-state index contributed by atoms with van der Waals surface area (Å²) in [6.07, 6.45) is 1.24. The average molecular weight is 259 g/mol. The van der Waals surface area contributed by atoms with Gasteiger partial charge in [-0.2, -0.15) is 0 Å². The van der Waals surface area contributed by atoms with Crippen LogP contribution in [0.15, 0.2) is 47.4 Å². The van der Waals surface area contributed by atoms with Gasteiger partial charge in [0.1, 0.15) is 5.69 Å². The molecule has 19 heavy (non-hydrogen) atoms. The number of carbonyl (C=O) groups excluding carboxylic acids is 1. The maximum Gasteiger partial charge on any atom is 0.292 e. The molecule has 0 aliphatic carbocycles. The molecule has 0 aliphatic heterocycles. The lowest BCUT2D eigenvalue weighted by Crippen LogP contribution is -2.15. The summed E-state index contributed by atoms with van der Waals surface area (Å²) >= 11 is 0. The number of anilines is 1. The molecule has 2 rings (SSSR count). The van der Waals surface area contributed by atoms with Crippen LogP contribution in [0.2, 0.25) is 0 Å². The van der Waals surface area contributed by atoms with Gasteiger partial charge in [-0.3, -0.25) is 19.7 Å². The number of para-hydroxylation sites is 2. The van der Waals surface area contributed by atoms with Gasteiger partial charge in [0.15, 0.2) is 0 Å². The Kier molecular flexibility index (Phi) is 3.37. The quantitative estimate of drug-likeness (QED) is 0.644. The predicted molar refractivity (Wildman–Crippen MR) is 68.1 cm³/mol. The number of amides is 1. The highest BCUT2D eigenvalue weighted by Crippen LogP contribution is 2.23. The second kappa shape index (κ2) is 5.13. The van der Waals surface area contributed by atoms with Crippen LogP contribution in [-0.4, -0.2) is 15.8 Å². The first kappa shape index (κ1) is 12.5. The smallest absolute Gasteiger partial charge is 0.292 e. The number of H-pyrrole nitrogens is 1. The molecule has 0 aliphatic rings. The molecule has 0 radical (unpaired) electrons. The molecule has 1 heterocycles. The van der Waals surface area contributed by atoms with E-state index in [0.717, 1.165) is 0 Å². The van der Waals surface area contributed by atoms with Crippen LogP contribution < -0.4 is 10.9 Å². The maximum absolute atomic E-state index is 11.8. The molecule has 0 spiro atoms. The Balaban J connectivity index is 2.26. The molecule has 0 saturated heterocycles. The molecule has 1 aromatic heterocycles. The summed E-state index contributed by atoms with van der Waals surface area (Å²) in [5.74, 6) is -0.537. The Labute approximate surface area is 107 Å². The molecule has 7 nitrogen and oxygen atoms in total. The number of nitrogens with one attached hydrogen (secondary N) is 2. The van der Waals surface area contributed by atoms with Crippen LogP contribution in [0, 0.1) is 10.1 Å². The lowest BCUT2D eigenvalue weighted by Gasteiger charge is -2.05. The lowest BCUT2D eigenvalue weighted by molar-refractivity contribution is -0.383. The lowest BCUT2D eigenvalue weighted by atomic mass is 10.2. The van der Waals surface area contributed by atoms with Crippen molar-refractivity contribution in [1.29, 1.82) is 0 Å². The second-order valence-electron chi connectivity index (χ2n) is 3.67. The van der Waals surface area contributed by atoms with Gasteiger partial charge in [-0.05, 0) is 12.1 Å². The monoisotopic (exact) mass is 259 g/mol. The molecule has 2 aromatic rings. The molecule has 0 saturated carbocycles. The van der Waals surface area contributed by atoms with Crippen molar-refractivity contribution in [3.8, 4) is 0 Å². The molecule has 0 fully saturated rings. The minimum atomic E-state index is -0.581. The summed E-state index contributed by atoms with van der Waals surface area (Å²) < 4.78 is 0. The van der Waals surface area contributed by atoms with E-state index in [-0.39, 0.29) is 22.5 Å². The number of hydrogen-bond acceptors (Lipinski definition) is 4. The fourth-order valence-electron chi connectivity index (χ4n) is 1.48. The number of benzene rings is 1. The molecular formula is C12H9N3O4. The van der Waals surface area contributed by atoms with Crippen molar-refractivity contribution >= 4 is 17.3 Å². The van der Waals surface area contributed by atoms with E-state index in [1.54, 1.807) is 6.07 Å². The van der Waals surface area contributed by atoms with E-state index in [4.69, 9.17) is 0 Å². The van der Waals surface area contributed by atoms with Crippen LogP contribution in [0.25, 0.3) is 0 Å². The number of pyridine rings is 1. The number of rotatable bonds is 3. The number of nitro groups is 1. The van der Waals surface area contributed by atoms with Gasteiger partial charge >= 0.3 is 0 Å². The Bertz CT molecular complexity index is 673. The van der Waals surface area contributed by atoms with Crippen molar-refractivity contribution in [2.75, 3.05) is 5.32 Å². The molecule has 7 heteroatoms. The largest absolute Gasteiger partial charge is 0.328 e. The van der Waals surface area contributed by atoms with Gasteiger partial charge in [-0.15, -0.1) is 0 Å². The normalized spacial score (nSPS) is 9.89. The minimum Gasteiger partial charge on any atom is -0.328 e. The average Bonchev–Trinajstić information content (AvgIpc) is 2.39. The van der Waals surface area contributed by atoms with E-state index in [2.05, 4.69) is 10.3 Å². The number of nitrogens with zero attached hydrogens (tertiary/aromatic N) is 1. The van der Waals surface area contributed by atoms with Gasteiger partial charge in [0.2, 0.25) is 5.56 Å². The second-order valence-corrected chi connectivity index (χ2v) is 3.67. The minimum absolute atomic E-state index is 0.101. The summed E-state index contributed by atoms with van der Waals surface area (Å²) in [6.45, 7) is 0. The highest BCUT2D eigenvalue weighted by atomic mass is 16.6. The van der Waals surface area contributed by atoms with Crippen LogP contribution in [0.1, 0.15) is 10.4 Å². The molecule has 1 amide bonds. The third-order valence-electron chi connectivity index (χ3n) is 2.40. The molecule has 0 unspecified atom stereocenters. The number of carbonyl (C=O) groups is 1. The standard InChI is InChI=1S/C12H9N3O4/c16-11-6-5-8(7-13-11)12(17)14-9-3-1-2-4-10(9)15(18)19/h1-7H,(H,13,16)(H,14,17). The summed E-state index contributed by atoms with van der Waals surface area (Å²) in [6, 6.07) is 8.35. The Morgan fingerprint density at radius 3 is 2.58 bits per heavy atom. The van der Waals surface area contributed by atoms with Crippen LogP contribution >= 0.6 is 0 Å². The van der Waals surface area contributed by atoms with E-state index in [1.807, 2.05) is 0 Å². The summed E-state index contributed by atoms with van der Waals surface area (Å²) in [5.41, 5.74) is -0.219. The van der Waals surface area contributed by atoms with Crippen LogP contribution in [-0.2, 0) is 0 Å². The van der Waals surface area contributed by atoms with Crippen molar-refractivity contribution in [3.63, 3.8) is 0 Å². The van der Waals surface area contributed by atoms with Crippen LogP contribution in [0.5, 0.6) is 0 Å². The summed E-state index contributed by atoms with van der Waals surface area (Å²) in [4.78, 5) is 35.3. The maximum atomic E-state index is 11.8.